The van der Waals surface area contributed by atoms with Crippen LogP contribution in [0.5, 0.6) is 0 Å². The number of non-ortho nitro benzene ring substituents is 1. The highest BCUT2D eigenvalue weighted by Gasteiger charge is 2.15. The number of benzene rings is 1. The first kappa shape index (κ1) is 20.9. The van der Waals surface area contributed by atoms with Gasteiger partial charge in [-0.25, -0.2) is 4.79 Å². The lowest BCUT2D eigenvalue weighted by molar-refractivity contribution is -0.384. The summed E-state index contributed by atoms with van der Waals surface area (Å²) in [6.07, 6.45) is 10.6. The second-order valence-corrected chi connectivity index (χ2v) is 6.47. The molecule has 0 saturated carbocycles. The van der Waals surface area contributed by atoms with Gasteiger partial charge in [0.2, 0.25) is 0 Å². The van der Waals surface area contributed by atoms with Crippen LogP contribution in [0.3, 0.4) is 0 Å². The Morgan fingerprint density at radius 1 is 1.04 bits per heavy atom. The number of hydrogen-bond acceptors (Lipinski definition) is 3. The first-order valence-electron chi connectivity index (χ1n) is 9.28. The molecule has 1 amide bonds. The summed E-state index contributed by atoms with van der Waals surface area (Å²) in [6, 6.07) is 5.78. The van der Waals surface area contributed by atoms with E-state index in [1.54, 1.807) is 12.1 Å². The third kappa shape index (κ3) is 9.08. The van der Waals surface area contributed by atoms with Gasteiger partial charge in [0, 0.05) is 12.1 Å². The lowest BCUT2D eigenvalue weighted by Gasteiger charge is -2.17. The van der Waals surface area contributed by atoms with Gasteiger partial charge >= 0.3 is 6.09 Å². The summed E-state index contributed by atoms with van der Waals surface area (Å²) in [5.41, 5.74) is 0.786. The first-order chi connectivity index (χ1) is 12.0. The fourth-order valence-electron chi connectivity index (χ4n) is 2.96. The topological polar surface area (TPSA) is 92.5 Å². The van der Waals surface area contributed by atoms with Gasteiger partial charge < -0.3 is 10.4 Å². The van der Waals surface area contributed by atoms with Crippen molar-refractivity contribution >= 4 is 11.8 Å². The lowest BCUT2D eigenvalue weighted by atomic mass is 9.99. The van der Waals surface area contributed by atoms with Crippen LogP contribution >= 0.6 is 0 Å². The largest absolute Gasteiger partial charge is 0.465 e. The van der Waals surface area contributed by atoms with E-state index >= 15 is 0 Å². The van der Waals surface area contributed by atoms with E-state index in [1.807, 2.05) is 0 Å². The van der Waals surface area contributed by atoms with Crippen molar-refractivity contribution in [2.24, 2.45) is 0 Å². The molecule has 0 aliphatic carbocycles. The molecule has 0 aliphatic rings. The molecule has 1 unspecified atom stereocenters. The summed E-state index contributed by atoms with van der Waals surface area (Å²) in [5, 5.41) is 22.2. The van der Waals surface area contributed by atoms with Crippen molar-refractivity contribution in [1.29, 1.82) is 0 Å². The molecule has 6 heteroatoms. The van der Waals surface area contributed by atoms with E-state index in [1.165, 1.54) is 57.1 Å². The van der Waals surface area contributed by atoms with Crippen LogP contribution in [0, 0.1) is 10.1 Å². The van der Waals surface area contributed by atoms with Crippen LogP contribution in [0.15, 0.2) is 24.3 Å². The number of nitrogens with zero attached hydrogens (tertiary/aromatic N) is 1. The summed E-state index contributed by atoms with van der Waals surface area (Å²) >= 11 is 0. The van der Waals surface area contributed by atoms with Crippen molar-refractivity contribution in [2.75, 3.05) is 0 Å². The van der Waals surface area contributed by atoms with Gasteiger partial charge in [0.25, 0.3) is 5.69 Å². The summed E-state index contributed by atoms with van der Waals surface area (Å²) in [4.78, 5) is 21.3. The van der Waals surface area contributed by atoms with Gasteiger partial charge in [0.15, 0.2) is 0 Å². The van der Waals surface area contributed by atoms with Gasteiger partial charge in [-0.05, 0) is 12.0 Å². The molecule has 0 heterocycles. The molecule has 0 aromatic heterocycles. The van der Waals surface area contributed by atoms with Crippen molar-refractivity contribution in [3.8, 4) is 0 Å². The summed E-state index contributed by atoms with van der Waals surface area (Å²) in [5.74, 6) is 0. The second-order valence-electron chi connectivity index (χ2n) is 6.47. The minimum atomic E-state index is -1.07. The van der Waals surface area contributed by atoms with E-state index in [0.717, 1.165) is 18.4 Å². The number of carbonyl (C=O) groups is 1. The highest BCUT2D eigenvalue weighted by atomic mass is 16.6. The molecular weight excluding hydrogens is 320 g/mol. The zero-order valence-electron chi connectivity index (χ0n) is 15.1. The van der Waals surface area contributed by atoms with E-state index in [-0.39, 0.29) is 11.7 Å². The molecule has 140 valence electrons. The Labute approximate surface area is 149 Å². The maximum Gasteiger partial charge on any atom is 0.405 e. The van der Waals surface area contributed by atoms with Crippen LogP contribution in [0.4, 0.5) is 10.5 Å². The Morgan fingerprint density at radius 2 is 1.56 bits per heavy atom. The Bertz CT molecular complexity index is 517. The fourth-order valence-corrected chi connectivity index (χ4v) is 2.96. The minimum absolute atomic E-state index is 0.0147. The zero-order valence-corrected chi connectivity index (χ0v) is 15.1. The van der Waals surface area contributed by atoms with Crippen molar-refractivity contribution in [2.45, 2.75) is 77.2 Å². The van der Waals surface area contributed by atoms with Gasteiger partial charge in [0.05, 0.1) is 11.0 Å². The van der Waals surface area contributed by atoms with Gasteiger partial charge in [-0.3, -0.25) is 10.1 Å². The smallest absolute Gasteiger partial charge is 0.405 e. The van der Waals surface area contributed by atoms with Crippen LogP contribution in [0.25, 0.3) is 0 Å². The molecule has 1 aromatic carbocycles. The molecule has 0 bridgehead atoms. The molecule has 1 rings (SSSR count). The Hall–Kier alpha value is -2.11. The summed E-state index contributed by atoms with van der Waals surface area (Å²) in [7, 11) is 0. The van der Waals surface area contributed by atoms with Crippen LogP contribution < -0.4 is 5.32 Å². The van der Waals surface area contributed by atoms with Crippen molar-refractivity contribution in [1.82, 2.24) is 5.32 Å². The zero-order chi connectivity index (χ0) is 18.5. The maximum atomic E-state index is 11.0. The van der Waals surface area contributed by atoms with Gasteiger partial charge in [-0.1, -0.05) is 76.8 Å². The molecule has 0 aliphatic heterocycles. The quantitative estimate of drug-likeness (QED) is 0.266. The van der Waals surface area contributed by atoms with Crippen molar-refractivity contribution in [3.63, 3.8) is 0 Å². The summed E-state index contributed by atoms with van der Waals surface area (Å²) < 4.78 is 0. The number of nitrogens with one attached hydrogen (secondary N) is 1. The van der Waals surface area contributed by atoms with Gasteiger partial charge in [0.1, 0.15) is 0 Å². The number of nitro groups is 1. The average molecular weight is 350 g/mol. The van der Waals surface area contributed by atoms with Crippen molar-refractivity contribution < 1.29 is 14.8 Å². The molecule has 1 aromatic rings. The summed E-state index contributed by atoms with van der Waals surface area (Å²) in [6.45, 7) is 2.21. The van der Waals surface area contributed by atoms with Crippen LogP contribution in [-0.2, 0) is 0 Å². The molecule has 0 radical (unpaired) electrons. The normalized spacial score (nSPS) is 11.9. The highest BCUT2D eigenvalue weighted by Crippen LogP contribution is 2.23. The number of rotatable bonds is 13. The standard InChI is InChI=1S/C19H30N2O4/c1-2-3-4-5-6-7-8-9-10-11-18(20-19(22)23)16-12-14-17(15-13-16)21(24)25/h12-15,18,20H,2-11H2,1H3,(H,22,23). The Morgan fingerprint density at radius 3 is 2.04 bits per heavy atom. The Balaban J connectivity index is 2.36. The minimum Gasteiger partial charge on any atom is -0.465 e. The molecule has 2 N–H and O–H groups in total. The molecule has 1 atom stereocenters. The van der Waals surface area contributed by atoms with E-state index in [9.17, 15) is 14.9 Å². The molecule has 25 heavy (non-hydrogen) atoms. The third-order valence-electron chi connectivity index (χ3n) is 4.40. The fraction of sp³-hybridized carbons (Fsp3) is 0.632. The number of carboxylic acid groups (broad SMARTS) is 1. The van der Waals surface area contributed by atoms with E-state index < -0.39 is 11.0 Å². The number of amides is 1. The monoisotopic (exact) mass is 350 g/mol. The van der Waals surface area contributed by atoms with E-state index in [4.69, 9.17) is 5.11 Å². The molecule has 0 fully saturated rings. The van der Waals surface area contributed by atoms with E-state index in [0.29, 0.717) is 6.42 Å². The molecule has 6 nitrogen and oxygen atoms in total. The SMILES string of the molecule is CCCCCCCCCCCC(NC(=O)O)c1ccc([N+](=O)[O-])cc1. The van der Waals surface area contributed by atoms with Crippen LogP contribution in [0.2, 0.25) is 0 Å². The number of unbranched alkanes of at least 4 members (excludes halogenated alkanes) is 8. The first-order valence-corrected chi connectivity index (χ1v) is 9.28. The highest BCUT2D eigenvalue weighted by molar-refractivity contribution is 5.65. The number of hydrogen-bond donors (Lipinski definition) is 2. The Kier molecular flexibility index (Phi) is 10.3. The van der Waals surface area contributed by atoms with Crippen molar-refractivity contribution in [3.05, 3.63) is 39.9 Å². The van der Waals surface area contributed by atoms with Gasteiger partial charge in [-0.2, -0.15) is 0 Å². The van der Waals surface area contributed by atoms with Gasteiger partial charge in [-0.15, -0.1) is 0 Å². The molecular formula is C19H30N2O4. The second kappa shape index (κ2) is 12.3. The predicted octanol–water partition coefficient (Wildman–Crippen LogP) is 5.82. The third-order valence-corrected chi connectivity index (χ3v) is 4.40. The lowest BCUT2D eigenvalue weighted by Crippen LogP contribution is -2.26. The predicted molar refractivity (Wildman–Crippen MR) is 98.8 cm³/mol. The van der Waals surface area contributed by atoms with E-state index in [2.05, 4.69) is 12.2 Å². The van der Waals surface area contributed by atoms with Crippen LogP contribution in [0.1, 0.15) is 82.7 Å². The maximum absolute atomic E-state index is 11.0. The average Bonchev–Trinajstić information content (AvgIpc) is 2.59. The molecule has 0 spiro atoms. The number of nitro benzene ring substituents is 1. The molecule has 0 saturated heterocycles. The van der Waals surface area contributed by atoms with Crippen LogP contribution in [-0.4, -0.2) is 16.1 Å².